The molecule has 0 bridgehead atoms. The Balaban J connectivity index is 1.41. The van der Waals surface area contributed by atoms with E-state index in [1.54, 1.807) is 14.1 Å². The van der Waals surface area contributed by atoms with E-state index in [4.69, 9.17) is 10.5 Å². The Hall–Kier alpha value is -3.90. The summed E-state index contributed by atoms with van der Waals surface area (Å²) in [4.78, 5) is 25.7. The first-order chi connectivity index (χ1) is 15.4. The predicted molar refractivity (Wildman–Crippen MR) is 126 cm³/mol. The van der Waals surface area contributed by atoms with E-state index in [9.17, 15) is 9.59 Å². The number of para-hydroxylation sites is 1. The van der Waals surface area contributed by atoms with Crippen molar-refractivity contribution in [3.8, 4) is 11.5 Å². The van der Waals surface area contributed by atoms with Crippen LogP contribution in [0.15, 0.2) is 72.8 Å². The second-order valence-corrected chi connectivity index (χ2v) is 7.92. The van der Waals surface area contributed by atoms with Gasteiger partial charge in [-0.05, 0) is 54.0 Å². The highest BCUT2D eigenvalue weighted by molar-refractivity contribution is 6.34. The summed E-state index contributed by atoms with van der Waals surface area (Å²) in [7, 11) is 3.39. The number of rotatable bonds is 6. The van der Waals surface area contributed by atoms with Gasteiger partial charge in [-0.15, -0.1) is 0 Å². The van der Waals surface area contributed by atoms with Crippen LogP contribution in [0.3, 0.4) is 0 Å². The fourth-order valence-corrected chi connectivity index (χ4v) is 3.58. The molecule has 1 unspecified atom stereocenters. The van der Waals surface area contributed by atoms with E-state index in [1.807, 2.05) is 78.9 Å². The second-order valence-electron chi connectivity index (χ2n) is 7.92. The Bertz CT molecular complexity index is 1170. The Labute approximate surface area is 187 Å². The highest BCUT2D eigenvalue weighted by atomic mass is 16.5. The van der Waals surface area contributed by atoms with Crippen LogP contribution in [0.5, 0.6) is 11.5 Å². The topological polar surface area (TPSA) is 84.7 Å². The molecule has 3 N–H and O–H groups in total. The van der Waals surface area contributed by atoms with Crippen molar-refractivity contribution < 1.29 is 14.3 Å². The van der Waals surface area contributed by atoms with E-state index in [1.165, 1.54) is 4.90 Å². The quantitative estimate of drug-likeness (QED) is 0.584. The average Bonchev–Trinajstić information content (AvgIpc) is 3.10. The van der Waals surface area contributed by atoms with Crippen molar-refractivity contribution in [2.75, 3.05) is 19.4 Å². The summed E-state index contributed by atoms with van der Waals surface area (Å²) in [5.74, 6) is 1.18. The number of nitrogens with one attached hydrogen (secondary N) is 1. The number of nitrogens with two attached hydrogens (primary N) is 1. The van der Waals surface area contributed by atoms with E-state index < -0.39 is 6.04 Å². The first kappa shape index (κ1) is 21.3. The Morgan fingerprint density at radius 1 is 1.00 bits per heavy atom. The van der Waals surface area contributed by atoms with E-state index in [-0.39, 0.29) is 11.8 Å². The lowest BCUT2D eigenvalue weighted by Gasteiger charge is -2.16. The van der Waals surface area contributed by atoms with Crippen LogP contribution >= 0.6 is 0 Å². The fraction of sp³-hybridized carbons (Fsp3) is 0.154. The SMILES string of the molecule is CN(C)C(=O)C(N)Cc1ccc(Oc2ccc(C=C3C(=O)Nc4ccccc43)cc2)cc1. The van der Waals surface area contributed by atoms with Crippen molar-refractivity contribution in [1.82, 2.24) is 4.90 Å². The molecule has 3 aromatic rings. The van der Waals surface area contributed by atoms with Crippen molar-refractivity contribution >= 4 is 29.2 Å². The third kappa shape index (κ3) is 4.71. The van der Waals surface area contributed by atoms with Gasteiger partial charge in [0.25, 0.3) is 5.91 Å². The van der Waals surface area contributed by atoms with E-state index >= 15 is 0 Å². The molecule has 1 aliphatic rings. The van der Waals surface area contributed by atoms with Gasteiger partial charge >= 0.3 is 0 Å². The number of hydrogen-bond donors (Lipinski definition) is 2. The zero-order valence-electron chi connectivity index (χ0n) is 18.0. The number of carbonyl (C=O) groups is 2. The predicted octanol–water partition coefficient (Wildman–Crippen LogP) is 3.93. The molecule has 1 heterocycles. The number of carbonyl (C=O) groups excluding carboxylic acids is 2. The van der Waals surface area contributed by atoms with E-state index in [0.29, 0.717) is 23.5 Å². The molecule has 0 spiro atoms. The zero-order valence-corrected chi connectivity index (χ0v) is 18.0. The number of likely N-dealkylation sites (N-methyl/N-ethyl adjacent to an activating group) is 1. The molecule has 0 fully saturated rings. The summed E-state index contributed by atoms with van der Waals surface area (Å²) in [6.07, 6.45) is 2.34. The van der Waals surface area contributed by atoms with Gasteiger partial charge in [-0.2, -0.15) is 0 Å². The van der Waals surface area contributed by atoms with Crippen LogP contribution in [0.4, 0.5) is 5.69 Å². The molecule has 4 rings (SSSR count). The van der Waals surface area contributed by atoms with Crippen molar-refractivity contribution in [1.29, 1.82) is 0 Å². The second kappa shape index (κ2) is 9.08. The number of fused-ring (bicyclic) bond motifs is 1. The van der Waals surface area contributed by atoms with Crippen LogP contribution in [-0.4, -0.2) is 36.9 Å². The monoisotopic (exact) mass is 427 g/mol. The number of benzene rings is 3. The lowest BCUT2D eigenvalue weighted by molar-refractivity contribution is -0.130. The number of ether oxygens (including phenoxy) is 1. The molecule has 6 nitrogen and oxygen atoms in total. The van der Waals surface area contributed by atoms with Crippen molar-refractivity contribution in [3.63, 3.8) is 0 Å². The Kier molecular flexibility index (Phi) is 6.05. The maximum Gasteiger partial charge on any atom is 0.256 e. The molecule has 6 heteroatoms. The standard InChI is InChI=1S/C26H25N3O3/c1-29(2)26(31)23(27)16-18-9-13-20(14-10-18)32-19-11-7-17(8-12-19)15-22-21-5-3-4-6-24(21)28-25(22)30/h3-15,23H,16,27H2,1-2H3,(H,28,30). The molecule has 3 aromatic carbocycles. The minimum absolute atomic E-state index is 0.0982. The van der Waals surface area contributed by atoms with Gasteiger partial charge in [0.1, 0.15) is 11.5 Å². The number of amides is 2. The van der Waals surface area contributed by atoms with Crippen LogP contribution in [0, 0.1) is 0 Å². The van der Waals surface area contributed by atoms with Gasteiger partial charge < -0.3 is 20.7 Å². The van der Waals surface area contributed by atoms with E-state index in [2.05, 4.69) is 5.32 Å². The summed E-state index contributed by atoms with van der Waals surface area (Å²) in [5.41, 5.74) is 10.2. The van der Waals surface area contributed by atoms with Gasteiger partial charge in [-0.25, -0.2) is 0 Å². The number of hydrogen-bond acceptors (Lipinski definition) is 4. The maximum atomic E-state index is 12.3. The molecule has 0 aliphatic carbocycles. The van der Waals surface area contributed by atoms with Crippen LogP contribution in [0.2, 0.25) is 0 Å². The van der Waals surface area contributed by atoms with Gasteiger partial charge in [0, 0.05) is 30.9 Å². The van der Waals surface area contributed by atoms with Crippen LogP contribution < -0.4 is 15.8 Å². The maximum absolute atomic E-state index is 12.3. The molecule has 32 heavy (non-hydrogen) atoms. The normalized spacial score (nSPS) is 14.6. The third-order valence-corrected chi connectivity index (χ3v) is 5.27. The minimum Gasteiger partial charge on any atom is -0.457 e. The van der Waals surface area contributed by atoms with Crippen molar-refractivity contribution in [2.45, 2.75) is 12.5 Å². The average molecular weight is 428 g/mol. The summed E-state index contributed by atoms with van der Waals surface area (Å²) in [5, 5.41) is 2.88. The van der Waals surface area contributed by atoms with E-state index in [0.717, 1.165) is 22.4 Å². The first-order valence-corrected chi connectivity index (χ1v) is 10.4. The molecule has 0 saturated heterocycles. The Morgan fingerprint density at radius 3 is 2.28 bits per heavy atom. The summed E-state index contributed by atoms with van der Waals surface area (Å²) in [6, 6.07) is 22.2. The summed E-state index contributed by atoms with van der Waals surface area (Å²) in [6.45, 7) is 0. The van der Waals surface area contributed by atoms with Gasteiger partial charge in [-0.1, -0.05) is 42.5 Å². The molecule has 2 amide bonds. The van der Waals surface area contributed by atoms with Gasteiger partial charge in [0.2, 0.25) is 5.91 Å². The van der Waals surface area contributed by atoms with Crippen LogP contribution in [0.25, 0.3) is 11.6 Å². The smallest absolute Gasteiger partial charge is 0.256 e. The molecule has 0 saturated carbocycles. The fourth-order valence-electron chi connectivity index (χ4n) is 3.58. The van der Waals surface area contributed by atoms with Gasteiger partial charge in [0.05, 0.1) is 6.04 Å². The van der Waals surface area contributed by atoms with Crippen LogP contribution in [-0.2, 0) is 16.0 Å². The third-order valence-electron chi connectivity index (χ3n) is 5.27. The molecule has 0 aromatic heterocycles. The van der Waals surface area contributed by atoms with Gasteiger partial charge in [0.15, 0.2) is 0 Å². The highest BCUT2D eigenvalue weighted by Crippen LogP contribution is 2.33. The molecular weight excluding hydrogens is 402 g/mol. The number of nitrogens with zero attached hydrogens (tertiary/aromatic N) is 1. The van der Waals surface area contributed by atoms with Crippen LogP contribution in [0.1, 0.15) is 16.7 Å². The summed E-state index contributed by atoms with van der Waals surface area (Å²) < 4.78 is 5.92. The summed E-state index contributed by atoms with van der Waals surface area (Å²) >= 11 is 0. The molecule has 1 atom stereocenters. The first-order valence-electron chi connectivity index (χ1n) is 10.4. The molecule has 0 radical (unpaired) electrons. The van der Waals surface area contributed by atoms with Gasteiger partial charge in [-0.3, -0.25) is 9.59 Å². The molecule has 1 aliphatic heterocycles. The molecular formula is C26H25N3O3. The molecule has 162 valence electrons. The number of anilines is 1. The largest absolute Gasteiger partial charge is 0.457 e. The zero-order chi connectivity index (χ0) is 22.7. The Morgan fingerprint density at radius 2 is 1.62 bits per heavy atom. The minimum atomic E-state index is -0.563. The van der Waals surface area contributed by atoms with Crippen molar-refractivity contribution in [3.05, 3.63) is 89.5 Å². The highest BCUT2D eigenvalue weighted by Gasteiger charge is 2.23. The van der Waals surface area contributed by atoms with Crippen molar-refractivity contribution in [2.24, 2.45) is 5.73 Å². The lowest BCUT2D eigenvalue weighted by atomic mass is 10.0. The lowest BCUT2D eigenvalue weighted by Crippen LogP contribution is -2.41.